The number of nitrogens with zero attached hydrogens (tertiary/aromatic N) is 1. The molecule has 0 bridgehead atoms. The molecule has 1 heterocycles. The predicted octanol–water partition coefficient (Wildman–Crippen LogP) is 1.93. The smallest absolute Gasteiger partial charge is 0.286 e. The van der Waals surface area contributed by atoms with Crippen molar-refractivity contribution in [2.24, 2.45) is 0 Å². The third-order valence-corrected chi connectivity index (χ3v) is 2.68. The standard InChI is InChI=1S/C13H17NO3/c1-10-4-6-12(7-5-10)17-11(2)13(15)14-8-3-9-16-14/h4-7,11H,3,8-9H2,1-2H3. The number of amides is 1. The molecule has 1 unspecified atom stereocenters. The molecule has 1 aromatic rings. The molecule has 4 nitrogen and oxygen atoms in total. The highest BCUT2D eigenvalue weighted by Crippen LogP contribution is 2.15. The van der Waals surface area contributed by atoms with Crippen LogP contribution in [0.25, 0.3) is 0 Å². The molecule has 1 fully saturated rings. The molecule has 92 valence electrons. The minimum Gasteiger partial charge on any atom is -0.481 e. The Balaban J connectivity index is 1.93. The van der Waals surface area contributed by atoms with Crippen LogP contribution in [0.5, 0.6) is 5.75 Å². The van der Waals surface area contributed by atoms with Gasteiger partial charge in [-0.05, 0) is 32.4 Å². The molecular weight excluding hydrogens is 218 g/mol. The fraction of sp³-hybridized carbons (Fsp3) is 0.462. The van der Waals surface area contributed by atoms with E-state index in [4.69, 9.17) is 9.57 Å². The number of benzene rings is 1. The molecule has 0 saturated carbocycles. The average Bonchev–Trinajstić information content (AvgIpc) is 2.84. The number of hydroxylamine groups is 2. The van der Waals surface area contributed by atoms with Crippen molar-refractivity contribution in [2.75, 3.05) is 13.2 Å². The van der Waals surface area contributed by atoms with E-state index in [1.807, 2.05) is 31.2 Å². The van der Waals surface area contributed by atoms with Crippen molar-refractivity contribution in [2.45, 2.75) is 26.4 Å². The number of aryl methyl sites for hydroxylation is 1. The highest BCUT2D eigenvalue weighted by atomic mass is 16.7. The normalized spacial score (nSPS) is 16.9. The van der Waals surface area contributed by atoms with E-state index in [1.165, 1.54) is 10.6 Å². The summed E-state index contributed by atoms with van der Waals surface area (Å²) in [5.74, 6) is 0.582. The lowest BCUT2D eigenvalue weighted by atomic mass is 10.2. The minimum atomic E-state index is -0.518. The number of ether oxygens (including phenoxy) is 1. The second kappa shape index (κ2) is 5.19. The predicted molar refractivity (Wildman–Crippen MR) is 63.6 cm³/mol. The molecule has 1 amide bonds. The molecule has 0 spiro atoms. The van der Waals surface area contributed by atoms with E-state index in [0.29, 0.717) is 18.9 Å². The molecule has 1 atom stereocenters. The monoisotopic (exact) mass is 235 g/mol. The first kappa shape index (κ1) is 11.9. The Labute approximate surface area is 101 Å². The number of hydrogen-bond donors (Lipinski definition) is 0. The summed E-state index contributed by atoms with van der Waals surface area (Å²) in [6, 6.07) is 7.64. The Morgan fingerprint density at radius 2 is 2.12 bits per heavy atom. The third kappa shape index (κ3) is 2.97. The van der Waals surface area contributed by atoms with E-state index in [1.54, 1.807) is 6.92 Å². The third-order valence-electron chi connectivity index (χ3n) is 2.68. The molecule has 1 saturated heterocycles. The number of carbonyl (C=O) groups excluding carboxylic acids is 1. The van der Waals surface area contributed by atoms with Gasteiger partial charge in [0.15, 0.2) is 6.10 Å². The van der Waals surface area contributed by atoms with Gasteiger partial charge in [-0.3, -0.25) is 9.63 Å². The van der Waals surface area contributed by atoms with Gasteiger partial charge in [0.1, 0.15) is 5.75 Å². The van der Waals surface area contributed by atoms with Gasteiger partial charge in [-0.2, -0.15) is 0 Å². The minimum absolute atomic E-state index is 0.122. The first-order chi connectivity index (χ1) is 8.16. The fourth-order valence-corrected chi connectivity index (χ4v) is 1.70. The summed E-state index contributed by atoms with van der Waals surface area (Å²) >= 11 is 0. The van der Waals surface area contributed by atoms with E-state index in [2.05, 4.69) is 0 Å². The Kier molecular flexibility index (Phi) is 3.64. The molecule has 0 radical (unpaired) electrons. The highest BCUT2D eigenvalue weighted by molar-refractivity contribution is 5.80. The van der Waals surface area contributed by atoms with Crippen LogP contribution in [0.3, 0.4) is 0 Å². The van der Waals surface area contributed by atoms with Crippen LogP contribution in [-0.4, -0.2) is 30.2 Å². The van der Waals surface area contributed by atoms with Crippen LogP contribution in [0.1, 0.15) is 18.9 Å². The van der Waals surface area contributed by atoms with Crippen molar-refractivity contribution in [3.63, 3.8) is 0 Å². The van der Waals surface area contributed by atoms with Crippen molar-refractivity contribution < 1.29 is 14.4 Å². The fourth-order valence-electron chi connectivity index (χ4n) is 1.70. The zero-order valence-electron chi connectivity index (χ0n) is 10.2. The van der Waals surface area contributed by atoms with Gasteiger partial charge >= 0.3 is 0 Å². The van der Waals surface area contributed by atoms with E-state index in [9.17, 15) is 4.79 Å². The van der Waals surface area contributed by atoms with E-state index >= 15 is 0 Å². The second-order valence-electron chi connectivity index (χ2n) is 4.20. The summed E-state index contributed by atoms with van der Waals surface area (Å²) in [4.78, 5) is 17.1. The maximum absolute atomic E-state index is 11.9. The van der Waals surface area contributed by atoms with Gasteiger partial charge in [0.05, 0.1) is 13.2 Å². The molecule has 17 heavy (non-hydrogen) atoms. The van der Waals surface area contributed by atoms with Gasteiger partial charge in [-0.1, -0.05) is 17.7 Å². The number of rotatable bonds is 3. The summed E-state index contributed by atoms with van der Waals surface area (Å²) in [7, 11) is 0. The van der Waals surface area contributed by atoms with Gasteiger partial charge in [0.2, 0.25) is 0 Å². The van der Waals surface area contributed by atoms with Crippen LogP contribution in [0.2, 0.25) is 0 Å². The SMILES string of the molecule is Cc1ccc(OC(C)C(=O)N2CCCO2)cc1. The van der Waals surface area contributed by atoms with Gasteiger partial charge in [-0.25, -0.2) is 5.06 Å². The zero-order valence-corrected chi connectivity index (χ0v) is 10.2. The van der Waals surface area contributed by atoms with Crippen LogP contribution < -0.4 is 4.74 Å². The van der Waals surface area contributed by atoms with Crippen LogP contribution in [0.4, 0.5) is 0 Å². The van der Waals surface area contributed by atoms with Gasteiger partial charge < -0.3 is 4.74 Å². The van der Waals surface area contributed by atoms with Gasteiger partial charge in [-0.15, -0.1) is 0 Å². The maximum atomic E-state index is 11.9. The molecule has 1 aromatic carbocycles. The maximum Gasteiger partial charge on any atom is 0.286 e. The molecule has 2 rings (SSSR count). The highest BCUT2D eigenvalue weighted by Gasteiger charge is 2.25. The van der Waals surface area contributed by atoms with Gasteiger partial charge in [0, 0.05) is 0 Å². The van der Waals surface area contributed by atoms with E-state index in [0.717, 1.165) is 6.42 Å². The van der Waals surface area contributed by atoms with Crippen LogP contribution >= 0.6 is 0 Å². The quantitative estimate of drug-likeness (QED) is 0.803. The first-order valence-corrected chi connectivity index (χ1v) is 5.84. The van der Waals surface area contributed by atoms with Crippen molar-refractivity contribution in [3.05, 3.63) is 29.8 Å². The Morgan fingerprint density at radius 1 is 1.41 bits per heavy atom. The number of carbonyl (C=O) groups is 1. The first-order valence-electron chi connectivity index (χ1n) is 5.84. The van der Waals surface area contributed by atoms with Crippen LogP contribution in [-0.2, 0) is 9.63 Å². The van der Waals surface area contributed by atoms with Crippen molar-refractivity contribution in [1.29, 1.82) is 0 Å². The van der Waals surface area contributed by atoms with Crippen molar-refractivity contribution in [3.8, 4) is 5.75 Å². The zero-order chi connectivity index (χ0) is 12.3. The second-order valence-corrected chi connectivity index (χ2v) is 4.20. The van der Waals surface area contributed by atoms with Crippen LogP contribution in [0.15, 0.2) is 24.3 Å². The summed E-state index contributed by atoms with van der Waals surface area (Å²) in [5, 5.41) is 1.39. The molecule has 1 aliphatic heterocycles. The molecular formula is C13H17NO3. The molecule has 0 N–H and O–H groups in total. The molecule has 1 aliphatic rings. The molecule has 0 aromatic heterocycles. The summed E-state index contributed by atoms with van der Waals surface area (Å²) in [6.07, 6.45) is 0.374. The Hall–Kier alpha value is -1.55. The van der Waals surface area contributed by atoms with E-state index < -0.39 is 6.10 Å². The lowest BCUT2D eigenvalue weighted by molar-refractivity contribution is -0.175. The van der Waals surface area contributed by atoms with Crippen molar-refractivity contribution >= 4 is 5.91 Å². The van der Waals surface area contributed by atoms with Crippen molar-refractivity contribution in [1.82, 2.24) is 5.06 Å². The Morgan fingerprint density at radius 3 is 2.71 bits per heavy atom. The summed E-state index contributed by atoms with van der Waals surface area (Å²) < 4.78 is 5.57. The average molecular weight is 235 g/mol. The largest absolute Gasteiger partial charge is 0.481 e. The lowest BCUT2D eigenvalue weighted by Crippen LogP contribution is -2.37. The Bertz CT molecular complexity index is 382. The molecule has 0 aliphatic carbocycles. The summed E-state index contributed by atoms with van der Waals surface area (Å²) in [6.45, 7) is 5.02. The topological polar surface area (TPSA) is 38.8 Å². The van der Waals surface area contributed by atoms with E-state index in [-0.39, 0.29) is 5.91 Å². The molecule has 4 heteroatoms. The van der Waals surface area contributed by atoms with Gasteiger partial charge in [0.25, 0.3) is 5.91 Å². The number of hydrogen-bond acceptors (Lipinski definition) is 3. The van der Waals surface area contributed by atoms with Crippen LogP contribution in [0, 0.1) is 6.92 Å². The summed E-state index contributed by atoms with van der Waals surface area (Å²) in [5.41, 5.74) is 1.17. The lowest BCUT2D eigenvalue weighted by Gasteiger charge is -2.19.